The van der Waals surface area contributed by atoms with Crippen LogP contribution in [0.15, 0.2) is 6.07 Å². The lowest BCUT2D eigenvalue weighted by molar-refractivity contribution is -0.145. The average Bonchev–Trinajstić information content (AvgIpc) is 2.23. The van der Waals surface area contributed by atoms with Gasteiger partial charge in [-0.2, -0.15) is 18.2 Å². The molecule has 1 fully saturated rings. The normalized spacial score (nSPS) is 25.7. The quantitative estimate of drug-likeness (QED) is 0.737. The van der Waals surface area contributed by atoms with Crippen molar-refractivity contribution in [2.24, 2.45) is 11.3 Å². The predicted octanol–water partition coefficient (Wildman–Crippen LogP) is 4.74. The van der Waals surface area contributed by atoms with Crippen molar-refractivity contribution in [1.29, 1.82) is 0 Å². The lowest BCUT2D eigenvalue weighted by Crippen LogP contribution is -2.34. The molecule has 0 aromatic carbocycles. The summed E-state index contributed by atoms with van der Waals surface area (Å²) in [6, 6.07) is 1.23. The molecule has 1 aromatic rings. The number of nitrogens with zero attached hydrogens (tertiary/aromatic N) is 2. The molecule has 118 valence electrons. The molecule has 1 aromatic heterocycles. The molecule has 7 heteroatoms. The zero-order chi connectivity index (χ0) is 15.8. The molecule has 0 spiro atoms. The summed E-state index contributed by atoms with van der Waals surface area (Å²) in [5.74, 6) is -0.927. The number of aromatic nitrogens is 2. The molecule has 21 heavy (non-hydrogen) atoms. The largest absolute Gasteiger partial charge is 0.474 e. The summed E-state index contributed by atoms with van der Waals surface area (Å²) in [4.78, 5) is 6.62. The van der Waals surface area contributed by atoms with Crippen molar-refractivity contribution in [2.75, 3.05) is 0 Å². The van der Waals surface area contributed by atoms with E-state index in [-0.39, 0.29) is 22.6 Å². The van der Waals surface area contributed by atoms with Crippen LogP contribution in [0.3, 0.4) is 0 Å². The molecule has 2 unspecified atom stereocenters. The second kappa shape index (κ2) is 5.63. The van der Waals surface area contributed by atoms with Gasteiger partial charge in [0.15, 0.2) is 0 Å². The third kappa shape index (κ3) is 4.46. The Morgan fingerprint density at radius 2 is 1.95 bits per heavy atom. The highest BCUT2D eigenvalue weighted by Crippen LogP contribution is 2.40. The molecule has 3 nitrogen and oxygen atoms in total. The zero-order valence-corrected chi connectivity index (χ0v) is 12.9. The van der Waals surface area contributed by atoms with Crippen LogP contribution in [0, 0.1) is 11.3 Å². The lowest BCUT2D eigenvalue weighted by Gasteiger charge is -2.38. The summed E-state index contributed by atoms with van der Waals surface area (Å²) in [5.41, 5.74) is 0.103. The highest BCUT2D eigenvalue weighted by molar-refractivity contribution is 6.29. The highest BCUT2D eigenvalue weighted by atomic mass is 35.5. The van der Waals surface area contributed by atoms with Gasteiger partial charge in [0.1, 0.15) is 11.3 Å². The van der Waals surface area contributed by atoms with Gasteiger partial charge in [0.25, 0.3) is 0 Å². The van der Waals surface area contributed by atoms with Crippen LogP contribution in [0.1, 0.15) is 45.9 Å². The fourth-order valence-electron chi connectivity index (χ4n) is 3.10. The van der Waals surface area contributed by atoms with Crippen LogP contribution in [0.25, 0.3) is 0 Å². The number of rotatable bonds is 2. The molecule has 0 aliphatic heterocycles. The zero-order valence-electron chi connectivity index (χ0n) is 12.2. The summed E-state index contributed by atoms with van der Waals surface area (Å²) >= 11 is 5.63. The molecule has 1 aliphatic rings. The SMILES string of the molecule is CC1CC(Oc2cc(Cl)nc(C(F)(F)F)n2)CC(C)(C)C1. The Balaban J connectivity index is 2.18. The van der Waals surface area contributed by atoms with Gasteiger partial charge >= 0.3 is 6.18 Å². The average molecular weight is 323 g/mol. The first kappa shape index (κ1) is 16.3. The molecule has 1 saturated carbocycles. The van der Waals surface area contributed by atoms with Crippen molar-refractivity contribution in [3.05, 3.63) is 17.0 Å². The van der Waals surface area contributed by atoms with Crippen molar-refractivity contribution in [2.45, 2.75) is 52.3 Å². The molecule has 0 saturated heterocycles. The number of ether oxygens (including phenoxy) is 1. The standard InChI is InChI=1S/C14H18ClF3N2O/c1-8-4-9(7-13(2,3)6-8)21-11-5-10(15)19-12(20-11)14(16,17)18/h5,8-9H,4,6-7H2,1-3H3. The second-order valence-corrected chi connectivity index (χ2v) is 6.89. The Labute approximate surface area is 126 Å². The monoisotopic (exact) mass is 322 g/mol. The van der Waals surface area contributed by atoms with Crippen LogP contribution in [0.2, 0.25) is 5.15 Å². The van der Waals surface area contributed by atoms with Crippen LogP contribution in [-0.4, -0.2) is 16.1 Å². The maximum absolute atomic E-state index is 12.7. The minimum Gasteiger partial charge on any atom is -0.474 e. The number of halogens is 4. The van der Waals surface area contributed by atoms with Gasteiger partial charge in [0, 0.05) is 6.07 Å². The highest BCUT2D eigenvalue weighted by Gasteiger charge is 2.37. The van der Waals surface area contributed by atoms with Crippen LogP contribution < -0.4 is 4.74 Å². The van der Waals surface area contributed by atoms with Crippen LogP contribution >= 0.6 is 11.6 Å². The number of hydrogen-bond acceptors (Lipinski definition) is 3. The Morgan fingerprint density at radius 1 is 1.29 bits per heavy atom. The predicted molar refractivity (Wildman–Crippen MR) is 73.3 cm³/mol. The van der Waals surface area contributed by atoms with Crippen molar-refractivity contribution in [1.82, 2.24) is 9.97 Å². The molecule has 0 bridgehead atoms. The first-order valence-electron chi connectivity index (χ1n) is 6.83. The summed E-state index contributed by atoms with van der Waals surface area (Å²) < 4.78 is 43.7. The third-order valence-corrected chi connectivity index (χ3v) is 3.75. The Kier molecular flexibility index (Phi) is 4.38. The van der Waals surface area contributed by atoms with Crippen molar-refractivity contribution < 1.29 is 17.9 Å². The minimum absolute atomic E-state index is 0.103. The van der Waals surface area contributed by atoms with E-state index in [2.05, 4.69) is 30.7 Å². The van der Waals surface area contributed by atoms with Gasteiger partial charge < -0.3 is 4.74 Å². The molecule has 1 aliphatic carbocycles. The first-order valence-corrected chi connectivity index (χ1v) is 7.21. The summed E-state index contributed by atoms with van der Waals surface area (Å²) in [7, 11) is 0. The Morgan fingerprint density at radius 3 is 2.52 bits per heavy atom. The van der Waals surface area contributed by atoms with Crippen molar-refractivity contribution >= 4 is 11.6 Å². The molecule has 2 atom stereocenters. The lowest BCUT2D eigenvalue weighted by atomic mass is 9.71. The summed E-state index contributed by atoms with van der Waals surface area (Å²) in [6.45, 7) is 6.38. The van der Waals surface area contributed by atoms with E-state index in [1.807, 2.05) is 0 Å². The molecule has 0 radical (unpaired) electrons. The van der Waals surface area contributed by atoms with E-state index < -0.39 is 12.0 Å². The molecule has 1 heterocycles. The summed E-state index contributed by atoms with van der Waals surface area (Å²) in [6.07, 6.45) is -2.14. The van der Waals surface area contributed by atoms with Gasteiger partial charge in [-0.15, -0.1) is 0 Å². The van der Waals surface area contributed by atoms with Gasteiger partial charge in [-0.1, -0.05) is 32.4 Å². The Hall–Kier alpha value is -1.04. The fourth-order valence-corrected chi connectivity index (χ4v) is 3.28. The second-order valence-electron chi connectivity index (χ2n) is 6.50. The van der Waals surface area contributed by atoms with E-state index in [0.29, 0.717) is 5.92 Å². The van der Waals surface area contributed by atoms with Gasteiger partial charge in [-0.3, -0.25) is 0 Å². The summed E-state index contributed by atoms with van der Waals surface area (Å²) in [5, 5.41) is -0.268. The van der Waals surface area contributed by atoms with E-state index in [1.54, 1.807) is 0 Å². The van der Waals surface area contributed by atoms with E-state index in [0.717, 1.165) is 19.3 Å². The van der Waals surface area contributed by atoms with Crippen molar-refractivity contribution in [3.63, 3.8) is 0 Å². The fraction of sp³-hybridized carbons (Fsp3) is 0.714. The third-order valence-electron chi connectivity index (χ3n) is 3.56. The van der Waals surface area contributed by atoms with E-state index in [4.69, 9.17) is 16.3 Å². The van der Waals surface area contributed by atoms with Gasteiger partial charge in [0.05, 0.1) is 0 Å². The van der Waals surface area contributed by atoms with Gasteiger partial charge in [-0.05, 0) is 30.6 Å². The number of alkyl halides is 3. The van der Waals surface area contributed by atoms with Crippen LogP contribution in [0.5, 0.6) is 5.88 Å². The van der Waals surface area contributed by atoms with Gasteiger partial charge in [0.2, 0.25) is 11.7 Å². The molecular weight excluding hydrogens is 305 g/mol. The topological polar surface area (TPSA) is 35.0 Å². The van der Waals surface area contributed by atoms with E-state index in [9.17, 15) is 13.2 Å². The first-order chi connectivity index (χ1) is 9.55. The molecular formula is C14H18ClF3N2O. The van der Waals surface area contributed by atoms with E-state index in [1.165, 1.54) is 6.07 Å². The minimum atomic E-state index is -4.64. The van der Waals surface area contributed by atoms with Crippen LogP contribution in [-0.2, 0) is 6.18 Å². The van der Waals surface area contributed by atoms with Crippen molar-refractivity contribution in [3.8, 4) is 5.88 Å². The Bertz CT molecular complexity index is 519. The maximum Gasteiger partial charge on any atom is 0.451 e. The molecule has 0 N–H and O–H groups in total. The van der Waals surface area contributed by atoms with Gasteiger partial charge in [-0.25, -0.2) is 4.98 Å². The molecule has 2 rings (SSSR count). The van der Waals surface area contributed by atoms with Crippen LogP contribution in [0.4, 0.5) is 13.2 Å². The number of hydrogen-bond donors (Lipinski definition) is 0. The molecule has 0 amide bonds. The maximum atomic E-state index is 12.7. The smallest absolute Gasteiger partial charge is 0.451 e. The van der Waals surface area contributed by atoms with E-state index >= 15 is 0 Å².